The van der Waals surface area contributed by atoms with Crippen molar-refractivity contribution < 1.29 is 4.79 Å². The summed E-state index contributed by atoms with van der Waals surface area (Å²) in [6, 6.07) is 0. The molecule has 4 heteroatoms. The van der Waals surface area contributed by atoms with Gasteiger partial charge >= 0.3 is 0 Å². The molecule has 0 bridgehead atoms. The van der Waals surface area contributed by atoms with Crippen LogP contribution in [-0.2, 0) is 7.05 Å². The summed E-state index contributed by atoms with van der Waals surface area (Å²) >= 11 is 2.00. The van der Waals surface area contributed by atoms with Gasteiger partial charge in [0.25, 0.3) is 0 Å². The molecule has 1 aromatic rings. The van der Waals surface area contributed by atoms with E-state index in [9.17, 15) is 4.79 Å². The average molecular weight is 210 g/mol. The summed E-state index contributed by atoms with van der Waals surface area (Å²) < 4.78 is 1.85. The van der Waals surface area contributed by atoms with Crippen LogP contribution in [0.25, 0.3) is 0 Å². The lowest BCUT2D eigenvalue weighted by molar-refractivity contribution is 0.112. The van der Waals surface area contributed by atoms with Gasteiger partial charge in [0.2, 0.25) is 0 Å². The molecule has 3 nitrogen and oxygen atoms in total. The Bertz CT molecular complexity index is 329. The lowest BCUT2D eigenvalue weighted by Crippen LogP contribution is -2.13. The first-order valence-corrected chi connectivity index (χ1v) is 6.03. The smallest absolute Gasteiger partial charge is 0.153 e. The van der Waals surface area contributed by atoms with Crippen LogP contribution in [0.2, 0.25) is 0 Å². The second-order valence-electron chi connectivity index (χ2n) is 3.61. The van der Waals surface area contributed by atoms with Gasteiger partial charge in [-0.25, -0.2) is 0 Å². The van der Waals surface area contributed by atoms with E-state index >= 15 is 0 Å². The molecule has 0 radical (unpaired) electrons. The van der Waals surface area contributed by atoms with E-state index in [2.05, 4.69) is 5.10 Å². The molecule has 0 spiro atoms. The highest BCUT2D eigenvalue weighted by Crippen LogP contribution is 2.32. The molecule has 1 aliphatic heterocycles. The number of carbonyl (C=O) groups excluding carboxylic acids is 1. The van der Waals surface area contributed by atoms with Gasteiger partial charge in [-0.15, -0.1) is 0 Å². The van der Waals surface area contributed by atoms with Gasteiger partial charge in [0.15, 0.2) is 6.29 Å². The Balaban J connectivity index is 2.28. The van der Waals surface area contributed by atoms with Crippen LogP contribution in [0.15, 0.2) is 6.20 Å². The maximum atomic E-state index is 10.8. The van der Waals surface area contributed by atoms with Crippen LogP contribution in [0.4, 0.5) is 0 Å². The van der Waals surface area contributed by atoms with Crippen LogP contribution in [0.3, 0.4) is 0 Å². The molecule has 0 N–H and O–H groups in total. The standard InChI is InChI=1S/C10H14N2OS/c1-12-10(9(7-13)6-11-12)8-2-4-14-5-3-8/h6-8H,2-5H2,1H3. The molecule has 0 aliphatic carbocycles. The Morgan fingerprint density at radius 1 is 1.57 bits per heavy atom. The lowest BCUT2D eigenvalue weighted by atomic mass is 9.96. The van der Waals surface area contributed by atoms with E-state index in [1.807, 2.05) is 23.5 Å². The molecule has 1 aromatic heterocycles. The molecule has 76 valence electrons. The normalized spacial score (nSPS) is 18.4. The number of hydrogen-bond acceptors (Lipinski definition) is 3. The Kier molecular flexibility index (Phi) is 2.91. The van der Waals surface area contributed by atoms with Gasteiger partial charge < -0.3 is 0 Å². The molecule has 14 heavy (non-hydrogen) atoms. The topological polar surface area (TPSA) is 34.9 Å². The predicted molar refractivity (Wildman–Crippen MR) is 57.9 cm³/mol. The minimum absolute atomic E-state index is 0.531. The predicted octanol–water partition coefficient (Wildman–Crippen LogP) is 1.84. The third kappa shape index (κ3) is 1.71. The first-order valence-electron chi connectivity index (χ1n) is 4.87. The quantitative estimate of drug-likeness (QED) is 0.699. The first-order chi connectivity index (χ1) is 6.83. The summed E-state index contributed by atoms with van der Waals surface area (Å²) in [5, 5.41) is 4.14. The molecule has 0 amide bonds. The maximum Gasteiger partial charge on any atom is 0.153 e. The van der Waals surface area contributed by atoms with Gasteiger partial charge in [0.1, 0.15) is 0 Å². The number of carbonyl (C=O) groups is 1. The fourth-order valence-corrected chi connectivity index (χ4v) is 3.13. The van der Waals surface area contributed by atoms with Gasteiger partial charge in [-0.05, 0) is 24.3 Å². The SMILES string of the molecule is Cn1ncc(C=O)c1C1CCSCC1. The summed E-state index contributed by atoms with van der Waals surface area (Å²) in [5.74, 6) is 2.94. The van der Waals surface area contributed by atoms with Gasteiger partial charge in [0, 0.05) is 13.0 Å². The summed E-state index contributed by atoms with van der Waals surface area (Å²) in [7, 11) is 1.92. The first kappa shape index (κ1) is 9.77. The monoisotopic (exact) mass is 210 g/mol. The Morgan fingerprint density at radius 2 is 2.29 bits per heavy atom. The zero-order valence-corrected chi connectivity index (χ0v) is 9.09. The molecule has 1 aliphatic rings. The molecule has 0 unspecified atom stereocenters. The Hall–Kier alpha value is -0.770. The number of aryl methyl sites for hydroxylation is 1. The van der Waals surface area contributed by atoms with Gasteiger partial charge in [-0.2, -0.15) is 16.9 Å². The maximum absolute atomic E-state index is 10.8. The van der Waals surface area contributed by atoms with E-state index in [0.29, 0.717) is 5.92 Å². The molecular weight excluding hydrogens is 196 g/mol. The summed E-state index contributed by atoms with van der Waals surface area (Å²) in [4.78, 5) is 10.8. The minimum atomic E-state index is 0.531. The van der Waals surface area contributed by atoms with E-state index in [0.717, 1.165) is 17.5 Å². The highest BCUT2D eigenvalue weighted by atomic mass is 32.2. The van der Waals surface area contributed by atoms with Crippen LogP contribution >= 0.6 is 11.8 Å². The fourth-order valence-electron chi connectivity index (χ4n) is 2.03. The van der Waals surface area contributed by atoms with Crippen LogP contribution in [0, 0.1) is 0 Å². The Morgan fingerprint density at radius 3 is 2.93 bits per heavy atom. The van der Waals surface area contributed by atoms with Crippen LogP contribution in [-0.4, -0.2) is 27.6 Å². The van der Waals surface area contributed by atoms with Crippen molar-refractivity contribution in [3.8, 4) is 0 Å². The van der Waals surface area contributed by atoms with Crippen molar-refractivity contribution in [1.29, 1.82) is 0 Å². The second kappa shape index (κ2) is 4.17. The van der Waals surface area contributed by atoms with Crippen molar-refractivity contribution >= 4 is 18.0 Å². The average Bonchev–Trinajstić information content (AvgIpc) is 2.61. The number of nitrogens with zero attached hydrogens (tertiary/aromatic N) is 2. The highest BCUT2D eigenvalue weighted by Gasteiger charge is 2.21. The molecular formula is C10H14N2OS. The fraction of sp³-hybridized carbons (Fsp3) is 0.600. The molecule has 0 atom stereocenters. The van der Waals surface area contributed by atoms with Gasteiger partial charge in [-0.1, -0.05) is 0 Å². The highest BCUT2D eigenvalue weighted by molar-refractivity contribution is 7.99. The van der Waals surface area contributed by atoms with Crippen molar-refractivity contribution in [2.24, 2.45) is 7.05 Å². The van der Waals surface area contributed by atoms with Crippen molar-refractivity contribution in [1.82, 2.24) is 9.78 Å². The third-order valence-electron chi connectivity index (χ3n) is 2.75. The number of aldehydes is 1. The zero-order chi connectivity index (χ0) is 9.97. The number of aromatic nitrogens is 2. The molecule has 2 rings (SSSR count). The van der Waals surface area contributed by atoms with E-state index < -0.39 is 0 Å². The van der Waals surface area contributed by atoms with Gasteiger partial charge in [-0.3, -0.25) is 9.48 Å². The van der Waals surface area contributed by atoms with Crippen molar-refractivity contribution in [3.63, 3.8) is 0 Å². The lowest BCUT2D eigenvalue weighted by Gasteiger charge is -2.21. The number of rotatable bonds is 2. The molecule has 0 aromatic carbocycles. The van der Waals surface area contributed by atoms with E-state index in [1.165, 1.54) is 24.3 Å². The van der Waals surface area contributed by atoms with E-state index in [4.69, 9.17) is 0 Å². The van der Waals surface area contributed by atoms with Crippen molar-refractivity contribution in [2.75, 3.05) is 11.5 Å². The van der Waals surface area contributed by atoms with E-state index in [1.54, 1.807) is 6.20 Å². The molecule has 2 heterocycles. The Labute approximate surface area is 87.9 Å². The van der Waals surface area contributed by atoms with Crippen LogP contribution in [0.1, 0.15) is 34.8 Å². The van der Waals surface area contributed by atoms with Crippen molar-refractivity contribution in [3.05, 3.63) is 17.5 Å². The zero-order valence-electron chi connectivity index (χ0n) is 8.27. The summed E-state index contributed by atoms with van der Waals surface area (Å²) in [5.41, 5.74) is 1.89. The van der Waals surface area contributed by atoms with Gasteiger partial charge in [0.05, 0.1) is 17.5 Å². The summed E-state index contributed by atoms with van der Waals surface area (Å²) in [6.45, 7) is 0. The number of hydrogen-bond donors (Lipinski definition) is 0. The minimum Gasteiger partial charge on any atom is -0.298 e. The molecule has 0 saturated carbocycles. The second-order valence-corrected chi connectivity index (χ2v) is 4.84. The van der Waals surface area contributed by atoms with Crippen LogP contribution < -0.4 is 0 Å². The number of thioether (sulfide) groups is 1. The van der Waals surface area contributed by atoms with Crippen LogP contribution in [0.5, 0.6) is 0 Å². The largest absolute Gasteiger partial charge is 0.298 e. The summed E-state index contributed by atoms with van der Waals surface area (Å²) in [6.07, 6.45) is 4.93. The molecule has 1 fully saturated rings. The molecule has 1 saturated heterocycles. The third-order valence-corrected chi connectivity index (χ3v) is 3.80. The van der Waals surface area contributed by atoms with Crippen molar-refractivity contribution in [2.45, 2.75) is 18.8 Å². The van der Waals surface area contributed by atoms with E-state index in [-0.39, 0.29) is 0 Å².